The van der Waals surface area contributed by atoms with E-state index in [0.29, 0.717) is 5.92 Å². The van der Waals surface area contributed by atoms with Gasteiger partial charge in [0.1, 0.15) is 0 Å². The van der Waals surface area contributed by atoms with Crippen LogP contribution in [0.15, 0.2) is 30.3 Å². The molecule has 0 bridgehead atoms. The van der Waals surface area contributed by atoms with Gasteiger partial charge in [-0.3, -0.25) is 4.79 Å². The van der Waals surface area contributed by atoms with Crippen molar-refractivity contribution in [3.8, 4) is 0 Å². The first-order chi connectivity index (χ1) is 7.58. The first-order valence-corrected chi connectivity index (χ1v) is 5.83. The van der Waals surface area contributed by atoms with Crippen LogP contribution in [0.3, 0.4) is 0 Å². The second-order valence-corrected chi connectivity index (χ2v) is 4.78. The Morgan fingerprint density at radius 3 is 2.38 bits per heavy atom. The van der Waals surface area contributed by atoms with Crippen molar-refractivity contribution in [2.45, 2.75) is 33.1 Å². The van der Waals surface area contributed by atoms with E-state index in [1.807, 2.05) is 18.2 Å². The molecule has 2 nitrogen and oxygen atoms in total. The molecular weight excluding hydrogens is 200 g/mol. The van der Waals surface area contributed by atoms with Gasteiger partial charge in [-0.2, -0.15) is 0 Å². The lowest BCUT2D eigenvalue weighted by Gasteiger charge is -2.17. The van der Waals surface area contributed by atoms with Gasteiger partial charge in [-0.15, -0.1) is 0 Å². The predicted molar refractivity (Wildman–Crippen MR) is 65.3 cm³/mol. The first-order valence-electron chi connectivity index (χ1n) is 5.83. The lowest BCUT2D eigenvalue weighted by Crippen LogP contribution is -2.13. The Balaban J connectivity index is 2.59. The number of benzene rings is 1. The van der Waals surface area contributed by atoms with Gasteiger partial charge in [-0.05, 0) is 30.2 Å². The van der Waals surface area contributed by atoms with Gasteiger partial charge < -0.3 is 5.11 Å². The van der Waals surface area contributed by atoms with Gasteiger partial charge in [0, 0.05) is 6.42 Å². The summed E-state index contributed by atoms with van der Waals surface area (Å²) < 4.78 is 0. The van der Waals surface area contributed by atoms with Crippen molar-refractivity contribution < 1.29 is 9.90 Å². The highest BCUT2D eigenvalue weighted by atomic mass is 16.4. The molecule has 0 unspecified atom stereocenters. The molecule has 0 saturated carbocycles. The van der Waals surface area contributed by atoms with Crippen molar-refractivity contribution in [1.29, 1.82) is 0 Å². The lowest BCUT2D eigenvalue weighted by atomic mass is 9.88. The molecule has 88 valence electrons. The number of carboxylic acid groups (broad SMARTS) is 1. The summed E-state index contributed by atoms with van der Waals surface area (Å²) in [5.41, 5.74) is 1.23. The molecule has 2 heteroatoms. The van der Waals surface area contributed by atoms with Crippen LogP contribution in [0.1, 0.15) is 32.3 Å². The molecular formula is C14H20O2. The van der Waals surface area contributed by atoms with Gasteiger partial charge in [0.05, 0.1) is 0 Å². The largest absolute Gasteiger partial charge is 0.481 e. The quantitative estimate of drug-likeness (QED) is 0.798. The highest BCUT2D eigenvalue weighted by molar-refractivity contribution is 5.67. The summed E-state index contributed by atoms with van der Waals surface area (Å²) in [4.78, 5) is 10.8. The minimum Gasteiger partial charge on any atom is -0.481 e. The zero-order valence-electron chi connectivity index (χ0n) is 10.0. The van der Waals surface area contributed by atoms with Gasteiger partial charge in [-0.1, -0.05) is 44.2 Å². The van der Waals surface area contributed by atoms with Crippen molar-refractivity contribution in [3.63, 3.8) is 0 Å². The lowest BCUT2D eigenvalue weighted by molar-refractivity contribution is -0.138. The van der Waals surface area contributed by atoms with E-state index in [0.717, 1.165) is 12.8 Å². The van der Waals surface area contributed by atoms with E-state index >= 15 is 0 Å². The minimum absolute atomic E-state index is 0.250. The number of rotatable bonds is 6. The van der Waals surface area contributed by atoms with Crippen LogP contribution in [0, 0.1) is 11.8 Å². The smallest absolute Gasteiger partial charge is 0.303 e. The maximum absolute atomic E-state index is 10.8. The molecule has 0 fully saturated rings. The maximum Gasteiger partial charge on any atom is 0.303 e. The van der Waals surface area contributed by atoms with Gasteiger partial charge >= 0.3 is 5.97 Å². The molecule has 0 radical (unpaired) electrons. The molecule has 1 aromatic carbocycles. The van der Waals surface area contributed by atoms with Gasteiger partial charge in [0.15, 0.2) is 0 Å². The van der Waals surface area contributed by atoms with E-state index in [-0.39, 0.29) is 12.3 Å². The van der Waals surface area contributed by atoms with E-state index in [9.17, 15) is 4.79 Å². The van der Waals surface area contributed by atoms with Crippen molar-refractivity contribution in [2.75, 3.05) is 0 Å². The summed E-state index contributed by atoms with van der Waals surface area (Å²) in [6.45, 7) is 4.28. The number of hydrogen-bond donors (Lipinski definition) is 1. The van der Waals surface area contributed by atoms with Crippen LogP contribution >= 0.6 is 0 Å². The Morgan fingerprint density at radius 2 is 1.88 bits per heavy atom. The molecule has 0 saturated heterocycles. The summed E-state index contributed by atoms with van der Waals surface area (Å²) in [5.74, 6) is 0.106. The Bertz CT molecular complexity index is 317. The second-order valence-electron chi connectivity index (χ2n) is 4.78. The topological polar surface area (TPSA) is 37.3 Å². The Kier molecular flexibility index (Phi) is 5.03. The average molecular weight is 220 g/mol. The van der Waals surface area contributed by atoms with Crippen LogP contribution < -0.4 is 0 Å². The van der Waals surface area contributed by atoms with Gasteiger partial charge in [0.2, 0.25) is 0 Å². The summed E-state index contributed by atoms with van der Waals surface area (Å²) >= 11 is 0. The molecule has 0 amide bonds. The SMILES string of the molecule is CC(C)C[C@H](CC(=O)O)Cc1ccccc1. The highest BCUT2D eigenvalue weighted by Gasteiger charge is 2.15. The Morgan fingerprint density at radius 1 is 1.25 bits per heavy atom. The summed E-state index contributed by atoms with van der Waals surface area (Å²) in [5, 5.41) is 8.87. The van der Waals surface area contributed by atoms with Crippen LogP contribution in [0.5, 0.6) is 0 Å². The van der Waals surface area contributed by atoms with Crippen molar-refractivity contribution in [3.05, 3.63) is 35.9 Å². The highest BCUT2D eigenvalue weighted by Crippen LogP contribution is 2.20. The fraction of sp³-hybridized carbons (Fsp3) is 0.500. The summed E-state index contributed by atoms with van der Waals surface area (Å²) in [6, 6.07) is 10.1. The standard InChI is InChI=1S/C14H20O2/c1-11(2)8-13(10-14(15)16)9-12-6-4-3-5-7-12/h3-7,11,13H,8-10H2,1-2H3,(H,15,16)/t13-/m0/s1. The molecule has 1 rings (SSSR count). The fourth-order valence-corrected chi connectivity index (χ4v) is 2.10. The van der Waals surface area contributed by atoms with E-state index < -0.39 is 5.97 Å². The Labute approximate surface area is 97.3 Å². The van der Waals surface area contributed by atoms with E-state index in [4.69, 9.17) is 5.11 Å². The average Bonchev–Trinajstić information content (AvgIpc) is 2.16. The Hall–Kier alpha value is -1.31. The van der Waals surface area contributed by atoms with Crippen LogP contribution in [0.25, 0.3) is 0 Å². The van der Waals surface area contributed by atoms with E-state index in [1.54, 1.807) is 0 Å². The zero-order chi connectivity index (χ0) is 12.0. The molecule has 0 heterocycles. The summed E-state index contributed by atoms with van der Waals surface area (Å²) in [7, 11) is 0. The molecule has 0 aromatic heterocycles. The fourth-order valence-electron chi connectivity index (χ4n) is 2.10. The molecule has 1 aromatic rings. The number of hydrogen-bond acceptors (Lipinski definition) is 1. The van der Waals surface area contributed by atoms with Crippen LogP contribution in [0.4, 0.5) is 0 Å². The van der Waals surface area contributed by atoms with Crippen molar-refractivity contribution >= 4 is 5.97 Å². The maximum atomic E-state index is 10.8. The third kappa shape index (κ3) is 4.96. The third-order valence-corrected chi connectivity index (χ3v) is 2.64. The molecule has 0 aliphatic carbocycles. The van der Waals surface area contributed by atoms with Gasteiger partial charge in [0.25, 0.3) is 0 Å². The van der Waals surface area contributed by atoms with E-state index in [1.165, 1.54) is 5.56 Å². The third-order valence-electron chi connectivity index (χ3n) is 2.64. The number of carbonyl (C=O) groups is 1. The monoisotopic (exact) mass is 220 g/mol. The predicted octanol–water partition coefficient (Wildman–Crippen LogP) is 3.37. The summed E-state index contributed by atoms with van der Waals surface area (Å²) in [6.07, 6.45) is 2.11. The molecule has 1 N–H and O–H groups in total. The second kappa shape index (κ2) is 6.31. The first kappa shape index (κ1) is 12.8. The molecule has 0 aliphatic rings. The van der Waals surface area contributed by atoms with E-state index in [2.05, 4.69) is 26.0 Å². The number of aliphatic carboxylic acids is 1. The van der Waals surface area contributed by atoms with Crippen LogP contribution in [0.2, 0.25) is 0 Å². The van der Waals surface area contributed by atoms with Crippen molar-refractivity contribution in [2.24, 2.45) is 11.8 Å². The normalized spacial score (nSPS) is 12.7. The molecule has 0 spiro atoms. The van der Waals surface area contributed by atoms with Crippen LogP contribution in [-0.2, 0) is 11.2 Å². The zero-order valence-corrected chi connectivity index (χ0v) is 10.0. The molecule has 0 aliphatic heterocycles. The minimum atomic E-state index is -0.693. The molecule has 1 atom stereocenters. The number of carboxylic acids is 1. The van der Waals surface area contributed by atoms with Gasteiger partial charge in [-0.25, -0.2) is 0 Å². The van der Waals surface area contributed by atoms with Crippen LogP contribution in [-0.4, -0.2) is 11.1 Å². The molecule has 16 heavy (non-hydrogen) atoms. The van der Waals surface area contributed by atoms with Crippen molar-refractivity contribution in [1.82, 2.24) is 0 Å².